The zero-order valence-electron chi connectivity index (χ0n) is 13.1. The SMILES string of the molecule is C=CCc1ccc(OCC2CCCO2)c2c(=O)cc(C(=O)O)oc12. The van der Waals surface area contributed by atoms with Crippen molar-refractivity contribution in [3.63, 3.8) is 0 Å². The molecule has 1 aliphatic heterocycles. The van der Waals surface area contributed by atoms with Gasteiger partial charge < -0.3 is 19.0 Å². The van der Waals surface area contributed by atoms with Gasteiger partial charge >= 0.3 is 5.97 Å². The molecule has 126 valence electrons. The molecule has 3 rings (SSSR count). The lowest BCUT2D eigenvalue weighted by atomic mass is 10.1. The lowest BCUT2D eigenvalue weighted by Gasteiger charge is -2.14. The van der Waals surface area contributed by atoms with Gasteiger partial charge in [0.25, 0.3) is 0 Å². The number of hydrogen-bond acceptors (Lipinski definition) is 5. The van der Waals surface area contributed by atoms with Crippen LogP contribution in [0.2, 0.25) is 0 Å². The number of allylic oxidation sites excluding steroid dienone is 1. The Morgan fingerprint density at radius 2 is 2.29 bits per heavy atom. The largest absolute Gasteiger partial charge is 0.490 e. The second-order valence-corrected chi connectivity index (χ2v) is 5.65. The fourth-order valence-corrected chi connectivity index (χ4v) is 2.79. The van der Waals surface area contributed by atoms with Gasteiger partial charge in [0.2, 0.25) is 5.76 Å². The first kappa shape index (κ1) is 16.3. The average Bonchev–Trinajstić information content (AvgIpc) is 3.07. The summed E-state index contributed by atoms with van der Waals surface area (Å²) in [5.74, 6) is -1.31. The Labute approximate surface area is 138 Å². The van der Waals surface area contributed by atoms with Crippen LogP contribution in [-0.2, 0) is 11.2 Å². The van der Waals surface area contributed by atoms with Crippen molar-refractivity contribution in [2.24, 2.45) is 0 Å². The van der Waals surface area contributed by atoms with Crippen molar-refractivity contribution in [2.45, 2.75) is 25.4 Å². The number of rotatable bonds is 6. The average molecular weight is 330 g/mol. The maximum atomic E-state index is 12.4. The number of fused-ring (bicyclic) bond motifs is 1. The van der Waals surface area contributed by atoms with Crippen LogP contribution in [0.25, 0.3) is 11.0 Å². The monoisotopic (exact) mass is 330 g/mol. The predicted molar refractivity (Wildman–Crippen MR) is 87.8 cm³/mol. The second-order valence-electron chi connectivity index (χ2n) is 5.65. The smallest absolute Gasteiger partial charge is 0.371 e. The molecule has 0 spiro atoms. The molecule has 0 amide bonds. The first-order valence-corrected chi connectivity index (χ1v) is 7.78. The summed E-state index contributed by atoms with van der Waals surface area (Å²) < 4.78 is 16.7. The number of carboxylic acids is 1. The van der Waals surface area contributed by atoms with E-state index in [0.29, 0.717) is 24.3 Å². The molecule has 6 heteroatoms. The highest BCUT2D eigenvalue weighted by Gasteiger charge is 2.20. The van der Waals surface area contributed by atoms with Crippen LogP contribution in [0.15, 0.2) is 40.1 Å². The highest BCUT2D eigenvalue weighted by Crippen LogP contribution is 2.28. The summed E-state index contributed by atoms with van der Waals surface area (Å²) in [5, 5.41) is 9.35. The van der Waals surface area contributed by atoms with Crippen LogP contribution in [0.4, 0.5) is 0 Å². The van der Waals surface area contributed by atoms with Crippen LogP contribution in [0, 0.1) is 0 Å². The minimum atomic E-state index is -1.29. The molecule has 1 saturated heterocycles. The third-order valence-corrected chi connectivity index (χ3v) is 3.95. The van der Waals surface area contributed by atoms with Crippen molar-refractivity contribution in [1.29, 1.82) is 0 Å². The Morgan fingerprint density at radius 1 is 1.46 bits per heavy atom. The minimum Gasteiger partial charge on any atom is -0.490 e. The Bertz CT molecular complexity index is 829. The Hall–Kier alpha value is -2.60. The molecule has 1 aliphatic rings. The van der Waals surface area contributed by atoms with Crippen LogP contribution < -0.4 is 10.2 Å². The van der Waals surface area contributed by atoms with Crippen molar-refractivity contribution < 1.29 is 23.8 Å². The number of ether oxygens (including phenoxy) is 2. The van der Waals surface area contributed by atoms with Gasteiger partial charge in [-0.25, -0.2) is 4.79 Å². The van der Waals surface area contributed by atoms with Crippen molar-refractivity contribution in [3.05, 3.63) is 52.4 Å². The maximum absolute atomic E-state index is 12.4. The summed E-state index contributed by atoms with van der Waals surface area (Å²) in [5.41, 5.74) is 0.469. The van der Waals surface area contributed by atoms with E-state index in [1.54, 1.807) is 18.2 Å². The molecule has 2 aromatic rings. The van der Waals surface area contributed by atoms with Crippen molar-refractivity contribution in [1.82, 2.24) is 0 Å². The number of benzene rings is 1. The molecule has 0 aliphatic carbocycles. The van der Waals surface area contributed by atoms with E-state index < -0.39 is 17.2 Å². The van der Waals surface area contributed by atoms with Gasteiger partial charge in [-0.15, -0.1) is 6.58 Å². The van der Waals surface area contributed by atoms with Gasteiger partial charge in [-0.3, -0.25) is 4.79 Å². The van der Waals surface area contributed by atoms with Gasteiger partial charge in [0, 0.05) is 12.7 Å². The molecule has 2 heterocycles. The third-order valence-electron chi connectivity index (χ3n) is 3.95. The highest BCUT2D eigenvalue weighted by atomic mass is 16.5. The predicted octanol–water partition coefficient (Wildman–Crippen LogP) is 2.78. The van der Waals surface area contributed by atoms with Crippen molar-refractivity contribution in [3.8, 4) is 5.75 Å². The molecule has 0 radical (unpaired) electrons. The molecule has 0 bridgehead atoms. The summed E-state index contributed by atoms with van der Waals surface area (Å²) in [4.78, 5) is 23.6. The Morgan fingerprint density at radius 3 is 2.96 bits per heavy atom. The number of carboxylic acid groups (broad SMARTS) is 1. The molecule has 24 heavy (non-hydrogen) atoms. The summed E-state index contributed by atoms with van der Waals surface area (Å²) in [6.07, 6.45) is 4.05. The van der Waals surface area contributed by atoms with E-state index in [4.69, 9.17) is 19.0 Å². The molecule has 1 aromatic carbocycles. The van der Waals surface area contributed by atoms with Gasteiger partial charge in [-0.2, -0.15) is 0 Å². The van der Waals surface area contributed by atoms with Crippen LogP contribution in [0.3, 0.4) is 0 Å². The van der Waals surface area contributed by atoms with Gasteiger partial charge in [0.15, 0.2) is 5.43 Å². The van der Waals surface area contributed by atoms with E-state index >= 15 is 0 Å². The van der Waals surface area contributed by atoms with Gasteiger partial charge in [-0.1, -0.05) is 12.1 Å². The topological polar surface area (TPSA) is 86.0 Å². The summed E-state index contributed by atoms with van der Waals surface area (Å²) in [6, 6.07) is 4.43. The van der Waals surface area contributed by atoms with Crippen LogP contribution >= 0.6 is 0 Å². The molecular weight excluding hydrogens is 312 g/mol. The second kappa shape index (κ2) is 6.88. The van der Waals surface area contributed by atoms with Gasteiger partial charge in [0.1, 0.15) is 23.3 Å². The molecule has 1 fully saturated rings. The fraction of sp³-hybridized carbons (Fsp3) is 0.333. The highest BCUT2D eigenvalue weighted by molar-refractivity contribution is 5.91. The third kappa shape index (κ3) is 3.19. The zero-order chi connectivity index (χ0) is 17.1. The Kier molecular flexibility index (Phi) is 4.66. The first-order chi connectivity index (χ1) is 11.6. The molecule has 1 unspecified atom stereocenters. The number of hydrogen-bond donors (Lipinski definition) is 1. The maximum Gasteiger partial charge on any atom is 0.371 e. The minimum absolute atomic E-state index is 0.0123. The molecular formula is C18H18O6. The summed E-state index contributed by atoms with van der Waals surface area (Å²) in [7, 11) is 0. The molecule has 0 saturated carbocycles. The quantitative estimate of drug-likeness (QED) is 0.820. The normalized spacial score (nSPS) is 17.1. The molecule has 1 aromatic heterocycles. The number of aromatic carboxylic acids is 1. The van der Waals surface area contributed by atoms with Crippen LogP contribution in [-0.4, -0.2) is 30.4 Å². The summed E-state index contributed by atoms with van der Waals surface area (Å²) >= 11 is 0. The fourth-order valence-electron chi connectivity index (χ4n) is 2.79. The van der Waals surface area contributed by atoms with Gasteiger partial charge in [-0.05, 0) is 30.9 Å². The van der Waals surface area contributed by atoms with E-state index in [2.05, 4.69) is 6.58 Å². The zero-order valence-corrected chi connectivity index (χ0v) is 13.1. The lowest BCUT2D eigenvalue weighted by molar-refractivity contribution is 0.0662. The van der Waals surface area contributed by atoms with Crippen molar-refractivity contribution in [2.75, 3.05) is 13.2 Å². The van der Waals surface area contributed by atoms with E-state index in [1.165, 1.54) is 0 Å². The van der Waals surface area contributed by atoms with E-state index in [0.717, 1.165) is 25.5 Å². The Balaban J connectivity index is 2.06. The van der Waals surface area contributed by atoms with Gasteiger partial charge in [0.05, 0.1) is 6.10 Å². The van der Waals surface area contributed by atoms with E-state index in [1.807, 2.05) is 0 Å². The summed E-state index contributed by atoms with van der Waals surface area (Å²) in [6.45, 7) is 4.73. The lowest BCUT2D eigenvalue weighted by Crippen LogP contribution is -2.17. The van der Waals surface area contributed by atoms with E-state index in [-0.39, 0.29) is 17.1 Å². The number of carbonyl (C=O) groups is 1. The molecule has 1 atom stereocenters. The van der Waals surface area contributed by atoms with E-state index in [9.17, 15) is 9.59 Å². The van der Waals surface area contributed by atoms with Crippen LogP contribution in [0.5, 0.6) is 5.75 Å². The standard InChI is InChI=1S/C18H18O6/c1-2-4-11-6-7-14(23-10-12-5-3-8-22-12)16-13(19)9-15(18(20)21)24-17(11)16/h2,6-7,9,12H,1,3-5,8,10H2,(H,20,21). The van der Waals surface area contributed by atoms with Crippen molar-refractivity contribution >= 4 is 16.9 Å². The first-order valence-electron chi connectivity index (χ1n) is 7.78. The molecule has 6 nitrogen and oxygen atoms in total. The molecule has 1 N–H and O–H groups in total. The van der Waals surface area contributed by atoms with Crippen LogP contribution in [0.1, 0.15) is 29.0 Å².